The second-order valence-corrected chi connectivity index (χ2v) is 10.5. The summed E-state index contributed by atoms with van der Waals surface area (Å²) in [6, 6.07) is 24.2. The Morgan fingerprint density at radius 1 is 0.950 bits per heavy atom. The van der Waals surface area contributed by atoms with Gasteiger partial charge >= 0.3 is 5.97 Å². The van der Waals surface area contributed by atoms with Gasteiger partial charge < -0.3 is 24.3 Å². The van der Waals surface area contributed by atoms with Gasteiger partial charge in [0.25, 0.3) is 5.91 Å². The minimum absolute atomic E-state index is 0.239. The van der Waals surface area contributed by atoms with Crippen molar-refractivity contribution in [3.63, 3.8) is 0 Å². The fourth-order valence-electron chi connectivity index (χ4n) is 5.14. The largest absolute Gasteiger partial charge is 0.484 e. The highest BCUT2D eigenvalue weighted by Gasteiger charge is 2.23. The second-order valence-electron chi connectivity index (χ2n) is 10.0. The molecule has 1 unspecified atom stereocenters. The number of fused-ring (bicyclic) bond motifs is 5. The van der Waals surface area contributed by atoms with E-state index in [0.29, 0.717) is 16.3 Å². The number of aryl methyl sites for hydroxylation is 1. The summed E-state index contributed by atoms with van der Waals surface area (Å²) in [6.07, 6.45) is 1.01. The zero-order chi connectivity index (χ0) is 28.2. The number of methoxy groups -OCH3 is 1. The van der Waals surface area contributed by atoms with Crippen molar-refractivity contribution in [3.8, 4) is 5.75 Å². The van der Waals surface area contributed by atoms with Crippen LogP contribution in [0.1, 0.15) is 18.0 Å². The van der Waals surface area contributed by atoms with Gasteiger partial charge in [0.2, 0.25) is 0 Å². The summed E-state index contributed by atoms with van der Waals surface area (Å²) in [4.78, 5) is 27.2. The first-order valence-corrected chi connectivity index (χ1v) is 13.6. The highest BCUT2D eigenvalue weighted by atomic mass is 35.5. The highest BCUT2D eigenvalue weighted by molar-refractivity contribution is 6.32. The lowest BCUT2D eigenvalue weighted by Crippen LogP contribution is -2.37. The maximum atomic E-state index is 12.7. The first-order valence-electron chi connectivity index (χ1n) is 13.2. The van der Waals surface area contributed by atoms with Crippen molar-refractivity contribution in [1.82, 2.24) is 14.8 Å². The van der Waals surface area contributed by atoms with Crippen molar-refractivity contribution in [2.45, 2.75) is 19.0 Å². The number of nitrogens with one attached hydrogen (secondary N) is 1. The molecule has 5 aromatic rings. The molecule has 7 nitrogen and oxygen atoms in total. The Balaban J connectivity index is 1.40. The molecule has 0 saturated heterocycles. The van der Waals surface area contributed by atoms with E-state index in [2.05, 4.69) is 47.1 Å². The van der Waals surface area contributed by atoms with Gasteiger partial charge in [-0.05, 0) is 74.4 Å². The summed E-state index contributed by atoms with van der Waals surface area (Å²) < 4.78 is 13.1. The van der Waals surface area contributed by atoms with Gasteiger partial charge in [0.1, 0.15) is 5.75 Å². The van der Waals surface area contributed by atoms with Crippen LogP contribution in [0.3, 0.4) is 0 Å². The Bertz CT molecular complexity index is 1680. The Hall–Kier alpha value is -4.07. The molecule has 4 aromatic carbocycles. The number of rotatable bonds is 10. The van der Waals surface area contributed by atoms with E-state index in [0.717, 1.165) is 52.1 Å². The third kappa shape index (κ3) is 5.76. The molecule has 0 fully saturated rings. The molecule has 8 heteroatoms. The second kappa shape index (κ2) is 12.0. The lowest BCUT2D eigenvalue weighted by atomic mass is 10.1. The SMILES string of the molecule is COC(=O)C(NC(=O)COc1ccc2c(ccc3c4cc(Cl)ccc4n(CCCN(C)C)c23)c1)c1ccccc1. The van der Waals surface area contributed by atoms with Crippen LogP contribution < -0.4 is 10.1 Å². The van der Waals surface area contributed by atoms with E-state index < -0.39 is 17.9 Å². The molecule has 40 heavy (non-hydrogen) atoms. The zero-order valence-electron chi connectivity index (χ0n) is 22.8. The standard InChI is InChI=1S/C32H32ClN3O4/c1-35(2)16-7-17-36-28-15-11-23(33)19-27(28)26-13-10-22-18-24(12-14-25(22)31(26)36)40-20-29(37)34-30(32(38)39-3)21-8-5-4-6-9-21/h4-6,8-15,18-19,30H,7,16-17,20H2,1-3H3,(H,34,37). The van der Waals surface area contributed by atoms with Crippen LogP contribution in [0.2, 0.25) is 5.02 Å². The summed E-state index contributed by atoms with van der Waals surface area (Å²) in [6.45, 7) is 1.62. The number of hydrogen-bond acceptors (Lipinski definition) is 5. The fraction of sp³-hybridized carbons (Fsp3) is 0.250. The van der Waals surface area contributed by atoms with Crippen LogP contribution in [-0.2, 0) is 20.9 Å². The van der Waals surface area contributed by atoms with E-state index in [9.17, 15) is 9.59 Å². The molecule has 0 radical (unpaired) electrons. The first kappa shape index (κ1) is 27.5. The van der Waals surface area contributed by atoms with E-state index >= 15 is 0 Å². The molecule has 1 atom stereocenters. The number of ether oxygens (including phenoxy) is 2. The Labute approximate surface area is 238 Å². The lowest BCUT2D eigenvalue weighted by molar-refractivity contribution is -0.145. The third-order valence-corrected chi connectivity index (χ3v) is 7.24. The molecular formula is C32H32ClN3O4. The summed E-state index contributed by atoms with van der Waals surface area (Å²) in [5.74, 6) is -0.404. The molecule has 5 rings (SSSR count). The number of halogens is 1. The Morgan fingerprint density at radius 3 is 2.48 bits per heavy atom. The van der Waals surface area contributed by atoms with Crippen molar-refractivity contribution in [2.24, 2.45) is 0 Å². The third-order valence-electron chi connectivity index (χ3n) is 7.00. The number of hydrogen-bond donors (Lipinski definition) is 1. The van der Waals surface area contributed by atoms with E-state index in [1.165, 1.54) is 7.11 Å². The molecule has 0 aliphatic rings. The van der Waals surface area contributed by atoms with Gasteiger partial charge in [-0.25, -0.2) is 4.79 Å². The molecule has 206 valence electrons. The number of esters is 1. The average Bonchev–Trinajstić information content (AvgIpc) is 3.27. The summed E-state index contributed by atoms with van der Waals surface area (Å²) in [7, 11) is 5.46. The molecule has 1 N–H and O–H groups in total. The maximum Gasteiger partial charge on any atom is 0.333 e. The van der Waals surface area contributed by atoms with Crippen molar-refractivity contribution in [3.05, 3.63) is 89.4 Å². The van der Waals surface area contributed by atoms with Gasteiger partial charge in [0, 0.05) is 33.2 Å². The van der Waals surface area contributed by atoms with Crippen molar-refractivity contribution >= 4 is 56.1 Å². The lowest BCUT2D eigenvalue weighted by Gasteiger charge is -2.17. The zero-order valence-corrected chi connectivity index (χ0v) is 23.6. The molecule has 1 amide bonds. The van der Waals surface area contributed by atoms with Crippen LogP contribution in [-0.4, -0.2) is 55.7 Å². The molecule has 0 saturated carbocycles. The van der Waals surface area contributed by atoms with Crippen molar-refractivity contribution < 1.29 is 19.1 Å². The van der Waals surface area contributed by atoms with E-state index in [-0.39, 0.29) is 6.61 Å². The van der Waals surface area contributed by atoms with Crippen LogP contribution in [0.5, 0.6) is 5.75 Å². The maximum absolute atomic E-state index is 12.7. The van der Waals surface area contributed by atoms with Crippen LogP contribution in [0.15, 0.2) is 78.9 Å². The van der Waals surface area contributed by atoms with Gasteiger partial charge in [-0.2, -0.15) is 0 Å². The van der Waals surface area contributed by atoms with Crippen molar-refractivity contribution in [1.29, 1.82) is 0 Å². The molecule has 0 spiro atoms. The van der Waals surface area contributed by atoms with Gasteiger partial charge in [0.05, 0.1) is 12.6 Å². The molecule has 0 bridgehead atoms. The fourth-order valence-corrected chi connectivity index (χ4v) is 5.31. The predicted octanol–water partition coefficient (Wildman–Crippen LogP) is 5.96. The predicted molar refractivity (Wildman–Crippen MR) is 160 cm³/mol. The number of aromatic nitrogens is 1. The van der Waals surface area contributed by atoms with Crippen molar-refractivity contribution in [2.75, 3.05) is 34.4 Å². The number of benzene rings is 4. The monoisotopic (exact) mass is 557 g/mol. The number of carbonyl (C=O) groups excluding carboxylic acids is 2. The van der Waals surface area contributed by atoms with Crippen LogP contribution >= 0.6 is 11.6 Å². The minimum atomic E-state index is -0.907. The van der Waals surface area contributed by atoms with Gasteiger partial charge in [-0.1, -0.05) is 54.1 Å². The average molecular weight is 558 g/mol. The molecule has 1 heterocycles. The molecular weight excluding hydrogens is 526 g/mol. The highest BCUT2D eigenvalue weighted by Crippen LogP contribution is 2.36. The number of amides is 1. The summed E-state index contributed by atoms with van der Waals surface area (Å²) in [5, 5.41) is 7.81. The topological polar surface area (TPSA) is 72.8 Å². The first-order chi connectivity index (χ1) is 19.4. The van der Waals surface area contributed by atoms with E-state index in [1.54, 1.807) is 24.3 Å². The number of carbonyl (C=O) groups is 2. The summed E-state index contributed by atoms with van der Waals surface area (Å²) in [5.41, 5.74) is 2.95. The molecule has 1 aromatic heterocycles. The van der Waals surface area contributed by atoms with Crippen LogP contribution in [0.4, 0.5) is 0 Å². The van der Waals surface area contributed by atoms with Crippen LogP contribution in [0, 0.1) is 0 Å². The Morgan fingerprint density at radius 2 is 1.73 bits per heavy atom. The smallest absolute Gasteiger partial charge is 0.333 e. The molecule has 0 aliphatic carbocycles. The minimum Gasteiger partial charge on any atom is -0.484 e. The summed E-state index contributed by atoms with van der Waals surface area (Å²) >= 11 is 6.37. The van der Waals surface area contributed by atoms with Gasteiger partial charge in [0.15, 0.2) is 12.6 Å². The van der Waals surface area contributed by atoms with Gasteiger partial charge in [-0.15, -0.1) is 0 Å². The molecule has 0 aliphatic heterocycles. The van der Waals surface area contributed by atoms with E-state index in [4.69, 9.17) is 21.1 Å². The Kier molecular flexibility index (Phi) is 8.24. The van der Waals surface area contributed by atoms with Crippen LogP contribution in [0.25, 0.3) is 32.6 Å². The normalized spacial score (nSPS) is 12.2. The van der Waals surface area contributed by atoms with Gasteiger partial charge in [-0.3, -0.25) is 4.79 Å². The quantitative estimate of drug-likeness (QED) is 0.214. The number of nitrogens with zero attached hydrogens (tertiary/aromatic N) is 2. The van der Waals surface area contributed by atoms with E-state index in [1.807, 2.05) is 36.4 Å².